The predicted molar refractivity (Wildman–Crippen MR) is 155 cm³/mol. The molecule has 2 aromatic carbocycles. The Labute approximate surface area is 242 Å². The lowest BCUT2D eigenvalue weighted by atomic mass is 10.00. The van der Waals surface area contributed by atoms with Crippen molar-refractivity contribution in [3.05, 3.63) is 65.7 Å². The Morgan fingerprint density at radius 3 is 1.93 bits per heavy atom. The molecule has 0 aliphatic rings. The van der Waals surface area contributed by atoms with Crippen LogP contribution >= 0.6 is 0 Å². The molecule has 10 heteroatoms. The summed E-state index contributed by atoms with van der Waals surface area (Å²) in [7, 11) is 0. The van der Waals surface area contributed by atoms with E-state index in [1.807, 2.05) is 30.3 Å². The van der Waals surface area contributed by atoms with Gasteiger partial charge in [-0.1, -0.05) is 42.5 Å². The molecule has 224 valence electrons. The van der Waals surface area contributed by atoms with Crippen LogP contribution in [0.3, 0.4) is 0 Å². The van der Waals surface area contributed by atoms with Crippen LogP contribution in [0.1, 0.15) is 72.6 Å². The van der Waals surface area contributed by atoms with Crippen LogP contribution in [0.15, 0.2) is 54.6 Å². The van der Waals surface area contributed by atoms with Gasteiger partial charge < -0.3 is 30.1 Å². The molecule has 0 fully saturated rings. The fourth-order valence-corrected chi connectivity index (χ4v) is 4.04. The molecular formula is C31H43N3O7. The molecular weight excluding hydrogens is 526 g/mol. The molecule has 3 amide bonds. The Bertz CT molecular complexity index is 1180. The van der Waals surface area contributed by atoms with Gasteiger partial charge in [-0.3, -0.25) is 9.59 Å². The number of phenolic OH excluding ortho intramolecular Hbond substituents is 1. The second-order valence-corrected chi connectivity index (χ2v) is 12.0. The number of amides is 3. The molecule has 2 aromatic rings. The van der Waals surface area contributed by atoms with Crippen molar-refractivity contribution in [1.29, 1.82) is 0 Å². The van der Waals surface area contributed by atoms with Crippen molar-refractivity contribution in [1.82, 2.24) is 15.5 Å². The van der Waals surface area contributed by atoms with Crippen molar-refractivity contribution >= 4 is 23.9 Å². The second kappa shape index (κ2) is 14.0. The highest BCUT2D eigenvalue weighted by Gasteiger charge is 2.36. The van der Waals surface area contributed by atoms with Crippen LogP contribution in [0.5, 0.6) is 5.75 Å². The zero-order valence-electron chi connectivity index (χ0n) is 25.2. The van der Waals surface area contributed by atoms with Gasteiger partial charge in [-0.05, 0) is 78.6 Å². The first-order valence-electron chi connectivity index (χ1n) is 13.6. The highest BCUT2D eigenvalue weighted by molar-refractivity contribution is 5.93. The van der Waals surface area contributed by atoms with E-state index in [9.17, 15) is 24.3 Å². The average molecular weight is 570 g/mol. The molecule has 41 heavy (non-hydrogen) atoms. The monoisotopic (exact) mass is 569 g/mol. The van der Waals surface area contributed by atoms with Crippen LogP contribution in [-0.2, 0) is 30.3 Å². The maximum atomic E-state index is 14.0. The predicted octanol–water partition coefficient (Wildman–Crippen LogP) is 4.26. The van der Waals surface area contributed by atoms with E-state index in [4.69, 9.17) is 9.47 Å². The first kappa shape index (κ1) is 33.1. The number of aromatic hydroxyl groups is 1. The first-order chi connectivity index (χ1) is 19.0. The number of ether oxygens (including phenoxy) is 2. The number of esters is 1. The zero-order chi connectivity index (χ0) is 31.0. The standard InChI is InChI=1S/C31H43N3O7/c1-20(2)34(25(36)19-32-29(39)41-31(6,7)8)26(22-14-16-23(35)17-15-22)27(37)33-24(28(38)40-30(3,4)5)18-21-12-10-9-11-13-21/h9-17,20,24,26,35H,18-19H2,1-8H3,(H,32,39)(H,33,37). The number of nitrogens with zero attached hydrogens (tertiary/aromatic N) is 1. The smallest absolute Gasteiger partial charge is 0.408 e. The summed E-state index contributed by atoms with van der Waals surface area (Å²) in [6.45, 7) is 13.4. The molecule has 3 N–H and O–H groups in total. The van der Waals surface area contributed by atoms with E-state index in [1.165, 1.54) is 29.2 Å². The summed E-state index contributed by atoms with van der Waals surface area (Å²) < 4.78 is 10.8. The molecule has 0 saturated heterocycles. The Balaban J connectivity index is 2.43. The Kier molecular flexibility index (Phi) is 11.3. The maximum absolute atomic E-state index is 14.0. The van der Waals surface area contributed by atoms with E-state index in [2.05, 4.69) is 10.6 Å². The van der Waals surface area contributed by atoms with Crippen molar-refractivity contribution in [3.63, 3.8) is 0 Å². The van der Waals surface area contributed by atoms with Crippen LogP contribution in [0, 0.1) is 0 Å². The minimum Gasteiger partial charge on any atom is -0.508 e. The van der Waals surface area contributed by atoms with E-state index in [1.54, 1.807) is 55.4 Å². The molecule has 0 heterocycles. The van der Waals surface area contributed by atoms with E-state index >= 15 is 0 Å². The average Bonchev–Trinajstić information content (AvgIpc) is 2.84. The summed E-state index contributed by atoms with van der Waals surface area (Å²) >= 11 is 0. The Morgan fingerprint density at radius 1 is 0.854 bits per heavy atom. The molecule has 2 atom stereocenters. The number of nitrogens with one attached hydrogen (secondary N) is 2. The van der Waals surface area contributed by atoms with Crippen LogP contribution in [0.2, 0.25) is 0 Å². The largest absolute Gasteiger partial charge is 0.508 e. The number of carbonyl (C=O) groups excluding carboxylic acids is 4. The van der Waals surface area contributed by atoms with Crippen molar-refractivity contribution in [2.45, 2.75) is 91.1 Å². The van der Waals surface area contributed by atoms with E-state index in [0.29, 0.717) is 5.56 Å². The van der Waals surface area contributed by atoms with Gasteiger partial charge in [0, 0.05) is 12.5 Å². The molecule has 0 radical (unpaired) electrons. The molecule has 0 aliphatic heterocycles. The maximum Gasteiger partial charge on any atom is 0.408 e. The highest BCUT2D eigenvalue weighted by atomic mass is 16.6. The van der Waals surface area contributed by atoms with E-state index < -0.39 is 59.7 Å². The fraction of sp³-hybridized carbons (Fsp3) is 0.484. The lowest BCUT2D eigenvalue weighted by Crippen LogP contribution is -2.53. The lowest BCUT2D eigenvalue weighted by molar-refractivity contribution is -0.159. The summed E-state index contributed by atoms with van der Waals surface area (Å²) in [5.41, 5.74) is -0.333. The molecule has 0 aromatic heterocycles. The highest BCUT2D eigenvalue weighted by Crippen LogP contribution is 2.26. The number of hydrogen-bond donors (Lipinski definition) is 3. The molecule has 0 saturated carbocycles. The van der Waals surface area contributed by atoms with Crippen molar-refractivity contribution in [2.24, 2.45) is 0 Å². The third-order valence-corrected chi connectivity index (χ3v) is 5.65. The number of rotatable bonds is 10. The molecule has 0 bridgehead atoms. The Hall–Kier alpha value is -4.08. The quantitative estimate of drug-likeness (QED) is 0.364. The molecule has 2 rings (SSSR count). The number of phenols is 1. The van der Waals surface area contributed by atoms with Gasteiger partial charge in [0.25, 0.3) is 0 Å². The summed E-state index contributed by atoms with van der Waals surface area (Å²) in [5, 5.41) is 15.1. The third kappa shape index (κ3) is 11.1. The molecule has 2 unspecified atom stereocenters. The number of hydrogen-bond acceptors (Lipinski definition) is 7. The van der Waals surface area contributed by atoms with Gasteiger partial charge in [0.05, 0.1) is 0 Å². The molecule has 0 spiro atoms. The van der Waals surface area contributed by atoms with Gasteiger partial charge in [0.1, 0.15) is 35.6 Å². The van der Waals surface area contributed by atoms with Gasteiger partial charge in [0.2, 0.25) is 11.8 Å². The minimum absolute atomic E-state index is 0.0161. The van der Waals surface area contributed by atoms with Gasteiger partial charge in [-0.2, -0.15) is 0 Å². The van der Waals surface area contributed by atoms with Crippen LogP contribution in [0.25, 0.3) is 0 Å². The van der Waals surface area contributed by atoms with Crippen molar-refractivity contribution in [3.8, 4) is 5.75 Å². The number of carbonyl (C=O) groups is 4. The summed E-state index contributed by atoms with van der Waals surface area (Å²) in [4.78, 5) is 54.2. The van der Waals surface area contributed by atoms with Crippen LogP contribution in [0.4, 0.5) is 4.79 Å². The van der Waals surface area contributed by atoms with Crippen molar-refractivity contribution in [2.75, 3.05) is 6.54 Å². The fourth-order valence-electron chi connectivity index (χ4n) is 4.04. The first-order valence-corrected chi connectivity index (χ1v) is 13.6. The molecule has 10 nitrogen and oxygen atoms in total. The third-order valence-electron chi connectivity index (χ3n) is 5.65. The van der Waals surface area contributed by atoms with Gasteiger partial charge in [-0.25, -0.2) is 9.59 Å². The van der Waals surface area contributed by atoms with Crippen LogP contribution < -0.4 is 10.6 Å². The number of benzene rings is 2. The zero-order valence-corrected chi connectivity index (χ0v) is 25.2. The van der Waals surface area contributed by atoms with Gasteiger partial charge in [-0.15, -0.1) is 0 Å². The number of alkyl carbamates (subject to hydrolysis) is 1. The summed E-state index contributed by atoms with van der Waals surface area (Å²) in [5.74, 6) is -1.80. The van der Waals surface area contributed by atoms with E-state index in [0.717, 1.165) is 5.56 Å². The summed E-state index contributed by atoms with van der Waals surface area (Å²) in [6.07, 6.45) is -0.604. The van der Waals surface area contributed by atoms with Crippen LogP contribution in [-0.4, -0.2) is 63.7 Å². The summed E-state index contributed by atoms with van der Waals surface area (Å²) in [6, 6.07) is 12.4. The SMILES string of the molecule is CC(C)N(C(=O)CNC(=O)OC(C)(C)C)C(C(=O)NC(Cc1ccccc1)C(=O)OC(C)(C)C)c1ccc(O)cc1. The van der Waals surface area contributed by atoms with Gasteiger partial charge >= 0.3 is 12.1 Å². The Morgan fingerprint density at radius 2 is 1.41 bits per heavy atom. The van der Waals surface area contributed by atoms with E-state index in [-0.39, 0.29) is 12.2 Å². The van der Waals surface area contributed by atoms with Gasteiger partial charge in [0.15, 0.2) is 0 Å². The molecule has 0 aliphatic carbocycles. The minimum atomic E-state index is -1.19. The topological polar surface area (TPSA) is 134 Å². The normalized spacial score (nSPS) is 13.1. The van der Waals surface area contributed by atoms with Crippen molar-refractivity contribution < 1.29 is 33.8 Å². The second-order valence-electron chi connectivity index (χ2n) is 12.0. The lowest BCUT2D eigenvalue weighted by Gasteiger charge is -2.35.